The first-order valence-corrected chi connectivity index (χ1v) is 7.60. The van der Waals surface area contributed by atoms with Crippen LogP contribution in [0.15, 0.2) is 47.4 Å². The van der Waals surface area contributed by atoms with Gasteiger partial charge in [-0.25, -0.2) is 9.59 Å². The molecule has 3 rings (SSSR count). The zero-order valence-corrected chi connectivity index (χ0v) is 13.2. The summed E-state index contributed by atoms with van der Waals surface area (Å²) in [5.41, 5.74) is 0.228. The van der Waals surface area contributed by atoms with Crippen LogP contribution in [0.25, 0.3) is 0 Å². The second-order valence-corrected chi connectivity index (χ2v) is 5.23. The van der Waals surface area contributed by atoms with Gasteiger partial charge in [-0.05, 0) is 11.6 Å². The summed E-state index contributed by atoms with van der Waals surface area (Å²) in [7, 11) is 0. The highest BCUT2D eigenvalue weighted by atomic mass is 16.7. The minimum Gasteiger partial charge on any atom is -0.444 e. The lowest BCUT2D eigenvalue weighted by Crippen LogP contribution is -2.29. The lowest BCUT2D eigenvalue weighted by molar-refractivity contribution is -0.0992. The molecule has 2 atom stereocenters. The average Bonchev–Trinajstić information content (AvgIpc) is 3.10. The molecular formula is C16H17N3O6. The molecule has 1 aromatic heterocycles. The molecule has 1 fully saturated rings. The van der Waals surface area contributed by atoms with Crippen LogP contribution >= 0.6 is 0 Å². The number of rotatable bonds is 5. The number of ether oxygens (including phenoxy) is 3. The van der Waals surface area contributed by atoms with Crippen LogP contribution in [0.2, 0.25) is 0 Å². The number of nitrogens with one attached hydrogen (secondary N) is 1. The third-order valence-corrected chi connectivity index (χ3v) is 3.47. The molecule has 0 bridgehead atoms. The number of hydrogen-bond donors (Lipinski definition) is 2. The SMILES string of the molecule is O=C(Nc1ccn([C@@H]2CO[C@H](CO)O2)c(=O)n1)OCc1ccccc1. The van der Waals surface area contributed by atoms with E-state index in [2.05, 4.69) is 10.3 Å². The Morgan fingerprint density at radius 3 is 2.84 bits per heavy atom. The van der Waals surface area contributed by atoms with E-state index in [0.29, 0.717) is 0 Å². The fraction of sp³-hybridized carbons (Fsp3) is 0.312. The Morgan fingerprint density at radius 2 is 2.16 bits per heavy atom. The molecule has 0 aliphatic carbocycles. The summed E-state index contributed by atoms with van der Waals surface area (Å²) < 4.78 is 16.7. The molecular weight excluding hydrogens is 330 g/mol. The van der Waals surface area contributed by atoms with Crippen LogP contribution in [-0.4, -0.2) is 40.3 Å². The summed E-state index contributed by atoms with van der Waals surface area (Å²) in [6.07, 6.45) is -0.719. The van der Waals surface area contributed by atoms with Gasteiger partial charge in [-0.3, -0.25) is 9.88 Å². The molecule has 1 aliphatic rings. The van der Waals surface area contributed by atoms with Gasteiger partial charge in [0, 0.05) is 6.20 Å². The topological polar surface area (TPSA) is 112 Å². The maximum absolute atomic E-state index is 12.0. The number of aromatic nitrogens is 2. The number of carbonyl (C=O) groups excluding carboxylic acids is 1. The quantitative estimate of drug-likeness (QED) is 0.825. The normalized spacial score (nSPS) is 19.6. The van der Waals surface area contributed by atoms with Crippen molar-refractivity contribution in [2.75, 3.05) is 18.5 Å². The predicted octanol–water partition coefficient (Wildman–Crippen LogP) is 0.856. The highest BCUT2D eigenvalue weighted by Crippen LogP contribution is 2.19. The number of benzene rings is 1. The van der Waals surface area contributed by atoms with E-state index in [0.717, 1.165) is 5.56 Å². The van der Waals surface area contributed by atoms with Crippen LogP contribution in [0.4, 0.5) is 10.6 Å². The Labute approximate surface area is 142 Å². The molecule has 1 aromatic carbocycles. The van der Waals surface area contributed by atoms with Crippen LogP contribution in [0.3, 0.4) is 0 Å². The van der Waals surface area contributed by atoms with Crippen LogP contribution < -0.4 is 11.0 Å². The van der Waals surface area contributed by atoms with Gasteiger partial charge >= 0.3 is 11.8 Å². The molecule has 1 aliphatic heterocycles. The van der Waals surface area contributed by atoms with E-state index in [9.17, 15) is 9.59 Å². The first-order valence-electron chi connectivity index (χ1n) is 7.60. The van der Waals surface area contributed by atoms with Crippen LogP contribution in [0, 0.1) is 0 Å². The maximum Gasteiger partial charge on any atom is 0.413 e. The van der Waals surface area contributed by atoms with E-state index in [1.807, 2.05) is 30.3 Å². The van der Waals surface area contributed by atoms with E-state index in [1.54, 1.807) is 0 Å². The Bertz CT molecular complexity index is 779. The number of anilines is 1. The molecule has 2 heterocycles. The number of hydrogen-bond acceptors (Lipinski definition) is 7. The fourth-order valence-corrected chi connectivity index (χ4v) is 2.25. The molecule has 0 spiro atoms. The molecule has 0 radical (unpaired) electrons. The van der Waals surface area contributed by atoms with Gasteiger partial charge in [-0.1, -0.05) is 30.3 Å². The molecule has 2 N–H and O–H groups in total. The molecule has 1 saturated heterocycles. The van der Waals surface area contributed by atoms with Gasteiger partial charge < -0.3 is 19.3 Å². The highest BCUT2D eigenvalue weighted by molar-refractivity contribution is 5.83. The lowest BCUT2D eigenvalue weighted by atomic mass is 10.2. The van der Waals surface area contributed by atoms with Gasteiger partial charge in [0.2, 0.25) is 0 Å². The largest absolute Gasteiger partial charge is 0.444 e. The first kappa shape index (κ1) is 17.1. The van der Waals surface area contributed by atoms with Gasteiger partial charge in [0.1, 0.15) is 12.4 Å². The van der Waals surface area contributed by atoms with Crippen LogP contribution in [0.5, 0.6) is 0 Å². The molecule has 9 heteroatoms. The Hall–Kier alpha value is -2.75. The second-order valence-electron chi connectivity index (χ2n) is 5.23. The third-order valence-electron chi connectivity index (χ3n) is 3.47. The molecule has 9 nitrogen and oxygen atoms in total. The van der Waals surface area contributed by atoms with Crippen molar-refractivity contribution in [2.45, 2.75) is 19.1 Å². The van der Waals surface area contributed by atoms with Crippen LogP contribution in [0.1, 0.15) is 11.8 Å². The number of aliphatic hydroxyl groups excluding tert-OH is 1. The Kier molecular flexibility index (Phi) is 5.39. The van der Waals surface area contributed by atoms with Gasteiger partial charge in [0.25, 0.3) is 0 Å². The van der Waals surface area contributed by atoms with Gasteiger partial charge in [-0.15, -0.1) is 0 Å². The van der Waals surface area contributed by atoms with Crippen molar-refractivity contribution in [3.63, 3.8) is 0 Å². The molecule has 0 saturated carbocycles. The zero-order chi connectivity index (χ0) is 17.6. The number of aliphatic hydroxyl groups is 1. The number of carbonyl (C=O) groups is 1. The van der Waals surface area contributed by atoms with E-state index in [1.165, 1.54) is 16.8 Å². The fourth-order valence-electron chi connectivity index (χ4n) is 2.25. The van der Waals surface area contributed by atoms with E-state index >= 15 is 0 Å². The number of nitrogens with zero attached hydrogens (tertiary/aromatic N) is 2. The Morgan fingerprint density at radius 1 is 1.36 bits per heavy atom. The van der Waals surface area contributed by atoms with Crippen molar-refractivity contribution in [2.24, 2.45) is 0 Å². The first-order chi connectivity index (χ1) is 12.2. The highest BCUT2D eigenvalue weighted by Gasteiger charge is 2.27. The maximum atomic E-state index is 12.0. The summed E-state index contributed by atoms with van der Waals surface area (Å²) in [5.74, 6) is 0.0666. The van der Waals surface area contributed by atoms with Crippen LogP contribution in [-0.2, 0) is 20.8 Å². The van der Waals surface area contributed by atoms with Crippen molar-refractivity contribution < 1.29 is 24.1 Å². The predicted molar refractivity (Wildman–Crippen MR) is 85.7 cm³/mol. The molecule has 0 unspecified atom stereocenters. The van der Waals surface area contributed by atoms with E-state index < -0.39 is 24.3 Å². The monoisotopic (exact) mass is 347 g/mol. The van der Waals surface area contributed by atoms with Gasteiger partial charge in [-0.2, -0.15) is 4.98 Å². The van der Waals surface area contributed by atoms with Crippen molar-refractivity contribution in [3.8, 4) is 0 Å². The van der Waals surface area contributed by atoms with Gasteiger partial charge in [0.05, 0.1) is 13.2 Å². The minimum absolute atomic E-state index is 0.0666. The van der Waals surface area contributed by atoms with E-state index in [4.69, 9.17) is 19.3 Å². The summed E-state index contributed by atoms with van der Waals surface area (Å²) in [4.78, 5) is 27.6. The summed E-state index contributed by atoms with van der Waals surface area (Å²) in [6.45, 7) is -0.0657. The summed E-state index contributed by atoms with van der Waals surface area (Å²) in [6, 6.07) is 10.7. The van der Waals surface area contributed by atoms with E-state index in [-0.39, 0.29) is 25.6 Å². The second kappa shape index (κ2) is 7.88. The van der Waals surface area contributed by atoms with Gasteiger partial charge in [0.15, 0.2) is 12.5 Å². The van der Waals surface area contributed by atoms with Crippen molar-refractivity contribution >= 4 is 11.9 Å². The van der Waals surface area contributed by atoms with Crippen molar-refractivity contribution in [3.05, 3.63) is 58.6 Å². The lowest BCUT2D eigenvalue weighted by Gasteiger charge is -2.12. The molecule has 1 amide bonds. The van der Waals surface area contributed by atoms with Crippen molar-refractivity contribution in [1.82, 2.24) is 9.55 Å². The summed E-state index contributed by atoms with van der Waals surface area (Å²) in [5, 5.41) is 11.4. The third kappa shape index (κ3) is 4.41. The average molecular weight is 347 g/mol. The number of amides is 1. The molecule has 2 aromatic rings. The standard InChI is InChI=1S/C16H17N3O6/c20-8-14-23-10-13(25-14)19-7-6-12(17-15(19)21)18-16(22)24-9-11-4-2-1-3-5-11/h1-7,13-14,20H,8-10H2,(H,17,18,21,22)/t13-,14-/m0/s1. The summed E-state index contributed by atoms with van der Waals surface area (Å²) >= 11 is 0. The molecule has 132 valence electrons. The smallest absolute Gasteiger partial charge is 0.413 e. The Balaban J connectivity index is 1.57. The van der Waals surface area contributed by atoms with Crippen molar-refractivity contribution in [1.29, 1.82) is 0 Å². The molecule has 25 heavy (non-hydrogen) atoms. The minimum atomic E-state index is -0.761. The zero-order valence-electron chi connectivity index (χ0n) is 13.2.